The molecule has 2 N–H and O–H groups in total. The predicted octanol–water partition coefficient (Wildman–Crippen LogP) is -0.879. The molecule has 0 heterocycles. The molecule has 0 aliphatic rings. The summed E-state index contributed by atoms with van der Waals surface area (Å²) in [5.41, 5.74) is 0. The van der Waals surface area contributed by atoms with Gasteiger partial charge in [0.05, 0.1) is 0 Å². The summed E-state index contributed by atoms with van der Waals surface area (Å²) in [5, 5.41) is 15.8. The Morgan fingerprint density at radius 3 is 1.38 bits per heavy atom. The second-order valence-electron chi connectivity index (χ2n) is 0.884. The molecule has 0 spiro atoms. The average molecular weight is 156 g/mol. The normalized spacial score (nSPS) is 6.25. The summed E-state index contributed by atoms with van der Waals surface area (Å²) in [5.74, 6) is 0. The van der Waals surface area contributed by atoms with Crippen molar-refractivity contribution < 1.29 is 36.0 Å². The van der Waals surface area contributed by atoms with Gasteiger partial charge in [-0.1, -0.05) is 0 Å². The molecule has 4 nitrogen and oxygen atoms in total. The van der Waals surface area contributed by atoms with Crippen molar-refractivity contribution in [3.63, 3.8) is 0 Å². The van der Waals surface area contributed by atoms with Crippen LogP contribution in [0.3, 0.4) is 0 Å². The fourth-order valence-corrected chi connectivity index (χ4v) is 0.0707. The molecule has 0 aliphatic carbocycles. The van der Waals surface area contributed by atoms with Gasteiger partial charge in [-0.3, -0.25) is 0 Å². The molecule has 0 saturated heterocycles. The molecule has 0 bridgehead atoms. The number of aliphatic hydroxyl groups excluding tert-OH is 2. The maximum absolute atomic E-state index is 8.50. The fraction of sp³-hybridized carbons (Fsp3) is 1.00. The van der Waals surface area contributed by atoms with Crippen molar-refractivity contribution in [3.8, 4) is 0 Å². The molecular formula is C3H8O4Ti. The molecule has 0 aliphatic heterocycles. The Balaban J connectivity index is 0. The number of rotatable bonds is 2. The topological polar surface area (TPSA) is 74.6 Å². The first-order valence-electron chi connectivity index (χ1n) is 2.04. The summed E-state index contributed by atoms with van der Waals surface area (Å²) in [6, 6.07) is 0. The third-order valence-corrected chi connectivity index (χ3v) is 0.316. The summed E-state index contributed by atoms with van der Waals surface area (Å²) < 4.78 is 17.0. The fourth-order valence-electron chi connectivity index (χ4n) is 0.0707. The van der Waals surface area contributed by atoms with Crippen molar-refractivity contribution in [2.45, 2.75) is 6.42 Å². The molecule has 0 rings (SSSR count). The van der Waals surface area contributed by atoms with Gasteiger partial charge in [-0.2, -0.15) is 0 Å². The molecule has 0 amide bonds. The van der Waals surface area contributed by atoms with Crippen LogP contribution in [0.2, 0.25) is 0 Å². The summed E-state index contributed by atoms with van der Waals surface area (Å²) in [6.45, 7) is 0.188. The number of aliphatic hydroxyl groups is 2. The molecule has 0 atom stereocenters. The minimum absolute atomic E-state index is 0.0938. The first kappa shape index (κ1) is 11.1. The monoisotopic (exact) mass is 156 g/mol. The van der Waals surface area contributed by atoms with Crippen LogP contribution in [-0.4, -0.2) is 23.4 Å². The molecule has 0 unspecified atom stereocenters. The van der Waals surface area contributed by atoms with Crippen LogP contribution in [0.1, 0.15) is 6.42 Å². The van der Waals surface area contributed by atoms with Gasteiger partial charge in [0.25, 0.3) is 0 Å². The Labute approximate surface area is 56.1 Å². The van der Waals surface area contributed by atoms with Gasteiger partial charge in [0, 0.05) is 13.2 Å². The van der Waals surface area contributed by atoms with Crippen LogP contribution < -0.4 is 0 Å². The molecular weight excluding hydrogens is 148 g/mol. The van der Waals surface area contributed by atoms with E-state index < -0.39 is 19.1 Å². The van der Waals surface area contributed by atoms with Crippen molar-refractivity contribution in [3.05, 3.63) is 0 Å². The molecule has 5 heteroatoms. The Bertz CT molecular complexity index is 56.3. The van der Waals surface area contributed by atoms with Gasteiger partial charge in [0.15, 0.2) is 0 Å². The maximum atomic E-state index is 8.50. The molecule has 0 radical (unpaired) electrons. The molecule has 0 fully saturated rings. The second-order valence-corrected chi connectivity index (χ2v) is 1.14. The van der Waals surface area contributed by atoms with Gasteiger partial charge >= 0.3 is 25.7 Å². The third-order valence-electron chi connectivity index (χ3n) is 0.316. The SMILES string of the molecule is OCCCO.[O]=[Ti]=[O]. The van der Waals surface area contributed by atoms with Crippen LogP contribution in [0, 0.1) is 0 Å². The molecule has 0 aromatic rings. The first-order chi connectivity index (χ1) is 3.83. The summed E-state index contributed by atoms with van der Waals surface area (Å²) in [7, 11) is 0. The van der Waals surface area contributed by atoms with Gasteiger partial charge in [0.1, 0.15) is 0 Å². The Morgan fingerprint density at radius 1 is 1.12 bits per heavy atom. The van der Waals surface area contributed by atoms with Crippen LogP contribution in [-0.2, 0) is 25.7 Å². The van der Waals surface area contributed by atoms with Gasteiger partial charge in [0.2, 0.25) is 0 Å². The zero-order chi connectivity index (χ0) is 6.83. The Kier molecular flexibility index (Phi) is 21.7. The average Bonchev–Trinajstić information content (AvgIpc) is 1.71. The van der Waals surface area contributed by atoms with Crippen molar-refractivity contribution in [2.24, 2.45) is 0 Å². The van der Waals surface area contributed by atoms with E-state index in [1.54, 1.807) is 0 Å². The summed E-state index contributed by atoms with van der Waals surface area (Å²) in [4.78, 5) is 0. The van der Waals surface area contributed by atoms with Gasteiger partial charge in [-0.05, 0) is 6.42 Å². The van der Waals surface area contributed by atoms with E-state index in [1.807, 2.05) is 0 Å². The van der Waals surface area contributed by atoms with E-state index in [1.165, 1.54) is 0 Å². The summed E-state index contributed by atoms with van der Waals surface area (Å²) >= 11 is -2.00. The van der Waals surface area contributed by atoms with E-state index in [4.69, 9.17) is 16.9 Å². The van der Waals surface area contributed by atoms with Crippen molar-refractivity contribution in [1.82, 2.24) is 0 Å². The van der Waals surface area contributed by atoms with E-state index in [2.05, 4.69) is 0 Å². The molecule has 0 aromatic carbocycles. The molecule has 0 aromatic heterocycles. The number of hydrogen-bond donors (Lipinski definition) is 2. The summed E-state index contributed by atoms with van der Waals surface area (Å²) in [6.07, 6.45) is 0.500. The van der Waals surface area contributed by atoms with Gasteiger partial charge in [-0.15, -0.1) is 0 Å². The van der Waals surface area contributed by atoms with Crippen LogP contribution in [0.25, 0.3) is 0 Å². The standard InChI is InChI=1S/C3H8O2.2O.Ti/c4-2-1-3-5;;;/h4-5H,1-3H2;;;. The molecule has 0 saturated carbocycles. The van der Waals surface area contributed by atoms with E-state index in [0.717, 1.165) is 0 Å². The van der Waals surface area contributed by atoms with Gasteiger partial charge in [-0.25, -0.2) is 0 Å². The van der Waals surface area contributed by atoms with Crippen LogP contribution in [0.5, 0.6) is 0 Å². The van der Waals surface area contributed by atoms with E-state index in [0.29, 0.717) is 6.42 Å². The minimum atomic E-state index is -2.00. The van der Waals surface area contributed by atoms with Crippen LogP contribution in [0.15, 0.2) is 0 Å². The zero-order valence-corrected chi connectivity index (χ0v) is 5.89. The zero-order valence-electron chi connectivity index (χ0n) is 4.33. The first-order valence-corrected chi connectivity index (χ1v) is 3.32. The predicted molar refractivity (Wildman–Crippen MR) is 20.2 cm³/mol. The Hall–Kier alpha value is 0.234. The third kappa shape index (κ3) is 34.2. The quantitative estimate of drug-likeness (QED) is 0.509. The van der Waals surface area contributed by atoms with Crippen LogP contribution in [0.4, 0.5) is 0 Å². The van der Waals surface area contributed by atoms with Crippen molar-refractivity contribution in [1.29, 1.82) is 0 Å². The van der Waals surface area contributed by atoms with Crippen molar-refractivity contribution in [2.75, 3.05) is 13.2 Å². The molecule has 8 heavy (non-hydrogen) atoms. The number of hydrogen-bond acceptors (Lipinski definition) is 4. The van der Waals surface area contributed by atoms with Gasteiger partial charge < -0.3 is 10.2 Å². The van der Waals surface area contributed by atoms with E-state index >= 15 is 0 Å². The van der Waals surface area contributed by atoms with Crippen LogP contribution >= 0.6 is 0 Å². The van der Waals surface area contributed by atoms with Crippen molar-refractivity contribution >= 4 is 0 Å². The molecule has 48 valence electrons. The Morgan fingerprint density at radius 2 is 1.38 bits per heavy atom. The van der Waals surface area contributed by atoms with E-state index in [9.17, 15) is 0 Å². The van der Waals surface area contributed by atoms with E-state index in [-0.39, 0.29) is 13.2 Å². The second kappa shape index (κ2) is 15.7.